The van der Waals surface area contributed by atoms with E-state index in [9.17, 15) is 13.2 Å². The lowest BCUT2D eigenvalue weighted by Crippen LogP contribution is -2.27. The van der Waals surface area contributed by atoms with Gasteiger partial charge in [-0.05, 0) is 13.0 Å². The van der Waals surface area contributed by atoms with Crippen molar-refractivity contribution in [1.82, 2.24) is 19.8 Å². The number of nitrogens with zero attached hydrogens (tertiary/aromatic N) is 2. The fraction of sp³-hybridized carbons (Fsp3) is 0.462. The van der Waals surface area contributed by atoms with Gasteiger partial charge in [-0.25, -0.2) is 13.2 Å². The SMILES string of the molecule is CC(NS(=O)(=O)c1c[nH]c(C(=O)O)c1)c1nc(C(C)(C)C)no1. The highest BCUT2D eigenvalue weighted by Crippen LogP contribution is 2.22. The fourth-order valence-electron chi connectivity index (χ4n) is 1.72. The summed E-state index contributed by atoms with van der Waals surface area (Å²) in [7, 11) is -3.92. The van der Waals surface area contributed by atoms with Crippen molar-refractivity contribution in [3.8, 4) is 0 Å². The highest BCUT2D eigenvalue weighted by atomic mass is 32.2. The van der Waals surface area contributed by atoms with Crippen LogP contribution in [0.5, 0.6) is 0 Å². The molecule has 2 aromatic rings. The van der Waals surface area contributed by atoms with Crippen LogP contribution in [0, 0.1) is 0 Å². The maximum atomic E-state index is 12.2. The number of rotatable bonds is 5. The number of carboxylic acid groups (broad SMARTS) is 1. The van der Waals surface area contributed by atoms with E-state index in [-0.39, 0.29) is 21.9 Å². The largest absolute Gasteiger partial charge is 0.477 e. The minimum Gasteiger partial charge on any atom is -0.477 e. The van der Waals surface area contributed by atoms with Gasteiger partial charge in [-0.2, -0.15) is 9.71 Å². The lowest BCUT2D eigenvalue weighted by molar-refractivity contribution is 0.0691. The lowest BCUT2D eigenvalue weighted by Gasteiger charge is -2.11. The number of sulfonamides is 1. The van der Waals surface area contributed by atoms with Gasteiger partial charge in [0, 0.05) is 11.6 Å². The maximum Gasteiger partial charge on any atom is 0.352 e. The van der Waals surface area contributed by atoms with Gasteiger partial charge in [0.05, 0.1) is 6.04 Å². The number of aromatic amines is 1. The van der Waals surface area contributed by atoms with E-state index in [2.05, 4.69) is 19.8 Å². The first kappa shape index (κ1) is 17.2. The Morgan fingerprint density at radius 3 is 2.57 bits per heavy atom. The third kappa shape index (κ3) is 3.77. The zero-order valence-electron chi connectivity index (χ0n) is 13.1. The van der Waals surface area contributed by atoms with E-state index in [0.29, 0.717) is 5.82 Å². The second-order valence-corrected chi connectivity index (χ2v) is 7.82. The number of carbonyl (C=O) groups is 1. The molecular weight excluding hydrogens is 324 g/mol. The van der Waals surface area contributed by atoms with Gasteiger partial charge in [0.15, 0.2) is 5.82 Å². The number of hydrogen-bond donors (Lipinski definition) is 3. The molecule has 0 amide bonds. The molecule has 0 saturated heterocycles. The van der Waals surface area contributed by atoms with E-state index in [4.69, 9.17) is 9.63 Å². The summed E-state index contributed by atoms with van der Waals surface area (Å²) < 4.78 is 31.9. The molecule has 3 N–H and O–H groups in total. The Bertz CT molecular complexity index is 816. The van der Waals surface area contributed by atoms with Gasteiger partial charge in [0.1, 0.15) is 10.6 Å². The monoisotopic (exact) mass is 342 g/mol. The van der Waals surface area contributed by atoms with Crippen LogP contribution < -0.4 is 4.72 Å². The number of nitrogens with one attached hydrogen (secondary N) is 2. The second-order valence-electron chi connectivity index (χ2n) is 6.10. The van der Waals surface area contributed by atoms with Crippen molar-refractivity contribution in [3.63, 3.8) is 0 Å². The van der Waals surface area contributed by atoms with Crippen molar-refractivity contribution in [3.05, 3.63) is 29.7 Å². The Labute approximate surface area is 133 Å². The van der Waals surface area contributed by atoms with Crippen LogP contribution in [0.15, 0.2) is 21.7 Å². The molecule has 9 nitrogen and oxygen atoms in total. The molecule has 10 heteroatoms. The van der Waals surface area contributed by atoms with E-state index in [1.807, 2.05) is 20.8 Å². The minimum absolute atomic E-state index is 0.132. The fourth-order valence-corrected chi connectivity index (χ4v) is 2.91. The second kappa shape index (κ2) is 5.78. The summed E-state index contributed by atoms with van der Waals surface area (Å²) in [5.41, 5.74) is -0.539. The average Bonchev–Trinajstić information content (AvgIpc) is 3.07. The van der Waals surface area contributed by atoms with Gasteiger partial charge in [0.2, 0.25) is 15.9 Å². The van der Waals surface area contributed by atoms with Gasteiger partial charge in [-0.3, -0.25) is 0 Å². The van der Waals surface area contributed by atoms with Crippen LogP contribution in [0.3, 0.4) is 0 Å². The molecule has 126 valence electrons. The molecular formula is C13H18N4O5S. The van der Waals surface area contributed by atoms with Crippen molar-refractivity contribution in [2.45, 2.75) is 44.0 Å². The molecule has 0 bridgehead atoms. The highest BCUT2D eigenvalue weighted by molar-refractivity contribution is 7.89. The summed E-state index contributed by atoms with van der Waals surface area (Å²) in [6.45, 7) is 7.28. The molecule has 0 spiro atoms. The van der Waals surface area contributed by atoms with E-state index in [0.717, 1.165) is 12.3 Å². The predicted molar refractivity (Wildman–Crippen MR) is 79.5 cm³/mol. The average molecular weight is 342 g/mol. The normalized spacial score (nSPS) is 13.9. The zero-order chi connectivity index (χ0) is 17.4. The van der Waals surface area contributed by atoms with E-state index >= 15 is 0 Å². The zero-order valence-corrected chi connectivity index (χ0v) is 13.9. The van der Waals surface area contributed by atoms with Gasteiger partial charge in [-0.15, -0.1) is 0 Å². The molecule has 0 aliphatic carbocycles. The van der Waals surface area contributed by atoms with E-state index in [1.54, 1.807) is 6.92 Å². The highest BCUT2D eigenvalue weighted by Gasteiger charge is 2.26. The van der Waals surface area contributed by atoms with Crippen molar-refractivity contribution < 1.29 is 22.8 Å². The summed E-state index contributed by atoms with van der Waals surface area (Å²) in [6.07, 6.45) is 1.10. The standard InChI is InChI=1S/C13H18N4O5S/c1-7(10-15-12(16-22-10)13(2,3)4)17-23(20,21)8-5-9(11(18)19)14-6-8/h5-7,14,17H,1-4H3,(H,18,19). The number of aromatic nitrogens is 3. The number of carboxylic acids is 1. The topological polar surface area (TPSA) is 138 Å². The first-order valence-corrected chi connectivity index (χ1v) is 8.27. The number of H-pyrrole nitrogens is 1. The van der Waals surface area contributed by atoms with Gasteiger partial charge >= 0.3 is 5.97 Å². The molecule has 0 radical (unpaired) electrons. The molecule has 0 aromatic carbocycles. The van der Waals surface area contributed by atoms with Crippen LogP contribution in [0.2, 0.25) is 0 Å². The molecule has 0 aliphatic rings. The summed E-state index contributed by atoms with van der Waals surface area (Å²) >= 11 is 0. The first-order chi connectivity index (χ1) is 10.5. The van der Waals surface area contributed by atoms with E-state index < -0.39 is 22.0 Å². The molecule has 1 atom stereocenters. The molecule has 0 saturated carbocycles. The number of hydrogen-bond acceptors (Lipinski definition) is 6. The lowest BCUT2D eigenvalue weighted by atomic mass is 9.96. The third-order valence-electron chi connectivity index (χ3n) is 3.01. The molecule has 0 fully saturated rings. The maximum absolute atomic E-state index is 12.2. The summed E-state index contributed by atoms with van der Waals surface area (Å²) in [5.74, 6) is -0.646. The van der Waals surface area contributed by atoms with Crippen molar-refractivity contribution >= 4 is 16.0 Å². The molecule has 2 heterocycles. The van der Waals surface area contributed by atoms with Crippen molar-refractivity contribution in [2.24, 2.45) is 0 Å². The van der Waals surface area contributed by atoms with Crippen molar-refractivity contribution in [1.29, 1.82) is 0 Å². The van der Waals surface area contributed by atoms with Crippen LogP contribution in [0.25, 0.3) is 0 Å². The van der Waals surface area contributed by atoms with Crippen LogP contribution >= 0.6 is 0 Å². The molecule has 1 unspecified atom stereocenters. The van der Waals surface area contributed by atoms with Gasteiger partial charge in [-0.1, -0.05) is 25.9 Å². The van der Waals surface area contributed by atoms with Crippen LogP contribution in [0.4, 0.5) is 0 Å². The Morgan fingerprint density at radius 1 is 1.43 bits per heavy atom. The van der Waals surface area contributed by atoms with Crippen LogP contribution in [0.1, 0.15) is 55.9 Å². The predicted octanol–water partition coefficient (Wildman–Crippen LogP) is 1.43. The van der Waals surface area contributed by atoms with Gasteiger partial charge < -0.3 is 14.6 Å². The Kier molecular flexibility index (Phi) is 4.31. The number of aromatic carboxylic acids is 1. The van der Waals surface area contributed by atoms with Crippen molar-refractivity contribution in [2.75, 3.05) is 0 Å². The Morgan fingerprint density at radius 2 is 2.09 bits per heavy atom. The Hall–Kier alpha value is -2.20. The Balaban J connectivity index is 2.19. The van der Waals surface area contributed by atoms with E-state index in [1.165, 1.54) is 0 Å². The summed E-state index contributed by atoms with van der Waals surface area (Å²) in [6, 6.07) is 0.276. The minimum atomic E-state index is -3.92. The first-order valence-electron chi connectivity index (χ1n) is 6.79. The molecule has 2 rings (SSSR count). The third-order valence-corrected chi connectivity index (χ3v) is 4.53. The smallest absolute Gasteiger partial charge is 0.352 e. The van der Waals surface area contributed by atoms with Crippen LogP contribution in [-0.4, -0.2) is 34.6 Å². The van der Waals surface area contributed by atoms with Gasteiger partial charge in [0.25, 0.3) is 0 Å². The van der Waals surface area contributed by atoms with Crippen LogP contribution in [-0.2, 0) is 15.4 Å². The summed E-state index contributed by atoms with van der Waals surface area (Å²) in [5, 5.41) is 12.7. The molecule has 23 heavy (non-hydrogen) atoms. The quantitative estimate of drug-likeness (QED) is 0.747. The molecule has 0 aliphatic heterocycles. The summed E-state index contributed by atoms with van der Waals surface area (Å²) in [4.78, 5) is 17.2. The molecule has 2 aromatic heterocycles.